The zero-order chi connectivity index (χ0) is 11.1. The maximum atomic E-state index is 8.80. The van der Waals surface area contributed by atoms with Gasteiger partial charge in [0, 0.05) is 5.41 Å². The van der Waals surface area contributed by atoms with Gasteiger partial charge in [0.2, 0.25) is 0 Å². The molecule has 2 nitrogen and oxygen atoms in total. The highest BCUT2D eigenvalue weighted by atomic mass is 16.5. The van der Waals surface area contributed by atoms with E-state index in [-0.39, 0.29) is 11.5 Å². The molecule has 78 valence electrons. The van der Waals surface area contributed by atoms with Crippen LogP contribution < -0.4 is 4.74 Å². The van der Waals surface area contributed by atoms with Crippen molar-refractivity contribution in [3.05, 3.63) is 29.3 Å². The highest BCUT2D eigenvalue weighted by Gasteiger charge is 2.33. The molecule has 0 aliphatic carbocycles. The van der Waals surface area contributed by atoms with E-state index in [1.54, 1.807) is 0 Å². The second-order valence-electron chi connectivity index (χ2n) is 4.86. The van der Waals surface area contributed by atoms with Crippen LogP contribution in [0.25, 0.3) is 0 Å². The molecule has 0 radical (unpaired) electrons. The second kappa shape index (κ2) is 3.27. The molecule has 0 fully saturated rings. The molecular formula is C13H15NO. The number of nitrogens with zero attached hydrogens (tertiary/aromatic N) is 1. The van der Waals surface area contributed by atoms with E-state index in [2.05, 4.69) is 26.8 Å². The summed E-state index contributed by atoms with van der Waals surface area (Å²) in [6.45, 7) is 6.50. The fraction of sp³-hybridized carbons (Fsp3) is 0.462. The molecule has 0 N–H and O–H groups in total. The molecule has 1 atom stereocenters. The van der Waals surface area contributed by atoms with Crippen LogP contribution in [0.15, 0.2) is 18.2 Å². The second-order valence-corrected chi connectivity index (χ2v) is 4.86. The normalized spacial score (nSPS) is 22.4. The van der Waals surface area contributed by atoms with Crippen molar-refractivity contribution in [2.45, 2.75) is 33.3 Å². The number of hydrogen-bond donors (Lipinski definition) is 0. The Morgan fingerprint density at radius 3 is 2.87 bits per heavy atom. The molecule has 2 rings (SSSR count). The highest BCUT2D eigenvalue weighted by Crippen LogP contribution is 2.38. The SMILES string of the molecule is CC1Oc2cc(C#N)ccc2CC1(C)C. The first kappa shape index (κ1) is 10.0. The quantitative estimate of drug-likeness (QED) is 0.646. The van der Waals surface area contributed by atoms with Gasteiger partial charge in [-0.1, -0.05) is 19.9 Å². The topological polar surface area (TPSA) is 33.0 Å². The van der Waals surface area contributed by atoms with E-state index in [0.717, 1.165) is 12.2 Å². The van der Waals surface area contributed by atoms with Gasteiger partial charge in [0.25, 0.3) is 0 Å². The minimum Gasteiger partial charge on any atom is -0.490 e. The van der Waals surface area contributed by atoms with Crippen LogP contribution in [-0.2, 0) is 6.42 Å². The zero-order valence-electron chi connectivity index (χ0n) is 9.37. The van der Waals surface area contributed by atoms with Gasteiger partial charge in [0.1, 0.15) is 11.9 Å². The van der Waals surface area contributed by atoms with E-state index in [1.165, 1.54) is 5.56 Å². The standard InChI is InChI=1S/C13H15NO/c1-9-13(2,3)7-11-5-4-10(8-14)6-12(11)15-9/h4-6,9H,7H2,1-3H3. The van der Waals surface area contributed by atoms with Crippen LogP contribution in [0.3, 0.4) is 0 Å². The molecule has 0 saturated heterocycles. The van der Waals surface area contributed by atoms with Gasteiger partial charge in [-0.25, -0.2) is 0 Å². The van der Waals surface area contributed by atoms with Crippen molar-refractivity contribution in [2.24, 2.45) is 5.41 Å². The average Bonchev–Trinajstić information content (AvgIpc) is 2.19. The summed E-state index contributed by atoms with van der Waals surface area (Å²) >= 11 is 0. The van der Waals surface area contributed by atoms with Crippen LogP contribution in [0, 0.1) is 16.7 Å². The van der Waals surface area contributed by atoms with E-state index in [0.29, 0.717) is 5.56 Å². The molecule has 2 heteroatoms. The van der Waals surface area contributed by atoms with Crippen LogP contribution in [0.2, 0.25) is 0 Å². The van der Waals surface area contributed by atoms with Gasteiger partial charge in [0.05, 0.1) is 11.6 Å². The summed E-state index contributed by atoms with van der Waals surface area (Å²) in [5, 5.41) is 8.80. The summed E-state index contributed by atoms with van der Waals surface area (Å²) in [6.07, 6.45) is 1.20. The summed E-state index contributed by atoms with van der Waals surface area (Å²) in [5.41, 5.74) is 2.04. The van der Waals surface area contributed by atoms with Crippen molar-refractivity contribution >= 4 is 0 Å². The Morgan fingerprint density at radius 2 is 2.20 bits per heavy atom. The lowest BCUT2D eigenvalue weighted by Gasteiger charge is -2.37. The predicted octanol–water partition coefficient (Wildman–Crippen LogP) is 2.91. The Labute approximate surface area is 90.5 Å². The maximum Gasteiger partial charge on any atom is 0.124 e. The molecule has 0 spiro atoms. The van der Waals surface area contributed by atoms with Gasteiger partial charge in [-0.15, -0.1) is 0 Å². The lowest BCUT2D eigenvalue weighted by atomic mass is 9.79. The van der Waals surface area contributed by atoms with Gasteiger partial charge in [-0.3, -0.25) is 0 Å². The largest absolute Gasteiger partial charge is 0.490 e. The van der Waals surface area contributed by atoms with E-state index in [1.807, 2.05) is 18.2 Å². The lowest BCUT2D eigenvalue weighted by Crippen LogP contribution is -2.37. The van der Waals surface area contributed by atoms with E-state index in [4.69, 9.17) is 10.00 Å². The van der Waals surface area contributed by atoms with Crippen molar-refractivity contribution in [2.75, 3.05) is 0 Å². The third-order valence-electron chi connectivity index (χ3n) is 3.25. The molecule has 0 bridgehead atoms. The molecule has 1 aromatic rings. The number of hydrogen-bond acceptors (Lipinski definition) is 2. The summed E-state index contributed by atoms with van der Waals surface area (Å²) in [5.74, 6) is 0.876. The summed E-state index contributed by atoms with van der Waals surface area (Å²) in [7, 11) is 0. The fourth-order valence-corrected chi connectivity index (χ4v) is 1.86. The first-order valence-corrected chi connectivity index (χ1v) is 5.22. The van der Waals surface area contributed by atoms with E-state index < -0.39 is 0 Å². The summed E-state index contributed by atoms with van der Waals surface area (Å²) < 4.78 is 5.84. The van der Waals surface area contributed by atoms with Crippen LogP contribution in [0.5, 0.6) is 5.75 Å². The zero-order valence-corrected chi connectivity index (χ0v) is 9.37. The molecule has 0 aromatic heterocycles. The van der Waals surface area contributed by atoms with Gasteiger partial charge in [-0.2, -0.15) is 5.26 Å². The molecule has 1 heterocycles. The van der Waals surface area contributed by atoms with Gasteiger partial charge in [0.15, 0.2) is 0 Å². The smallest absolute Gasteiger partial charge is 0.124 e. The Morgan fingerprint density at radius 1 is 1.47 bits per heavy atom. The summed E-state index contributed by atoms with van der Waals surface area (Å²) in [4.78, 5) is 0. The van der Waals surface area contributed by atoms with Gasteiger partial charge in [-0.05, 0) is 31.0 Å². The molecule has 0 saturated carbocycles. The first-order chi connectivity index (χ1) is 7.03. The molecule has 1 aliphatic rings. The minimum atomic E-state index is 0.168. The summed E-state index contributed by atoms with van der Waals surface area (Å²) in [6, 6.07) is 7.82. The Balaban J connectivity index is 2.42. The minimum absolute atomic E-state index is 0.168. The average molecular weight is 201 g/mol. The predicted molar refractivity (Wildman–Crippen MR) is 58.7 cm³/mol. The third kappa shape index (κ3) is 1.70. The van der Waals surface area contributed by atoms with Crippen molar-refractivity contribution in [1.29, 1.82) is 5.26 Å². The van der Waals surface area contributed by atoms with Crippen molar-refractivity contribution in [1.82, 2.24) is 0 Å². The van der Waals surface area contributed by atoms with Crippen LogP contribution in [0.4, 0.5) is 0 Å². The number of benzene rings is 1. The molecular weight excluding hydrogens is 186 g/mol. The van der Waals surface area contributed by atoms with E-state index >= 15 is 0 Å². The molecule has 0 amide bonds. The van der Waals surface area contributed by atoms with Crippen molar-refractivity contribution in [3.8, 4) is 11.8 Å². The molecule has 1 unspecified atom stereocenters. The number of rotatable bonds is 0. The fourth-order valence-electron chi connectivity index (χ4n) is 1.86. The Hall–Kier alpha value is -1.49. The van der Waals surface area contributed by atoms with Gasteiger partial charge >= 0.3 is 0 Å². The molecule has 1 aromatic carbocycles. The van der Waals surface area contributed by atoms with E-state index in [9.17, 15) is 0 Å². The third-order valence-corrected chi connectivity index (χ3v) is 3.25. The highest BCUT2D eigenvalue weighted by molar-refractivity contribution is 5.44. The Bertz CT molecular complexity index is 429. The Kier molecular flexibility index (Phi) is 2.19. The van der Waals surface area contributed by atoms with Gasteiger partial charge < -0.3 is 4.74 Å². The van der Waals surface area contributed by atoms with Crippen LogP contribution in [0.1, 0.15) is 31.9 Å². The van der Waals surface area contributed by atoms with Crippen molar-refractivity contribution in [3.63, 3.8) is 0 Å². The number of nitriles is 1. The first-order valence-electron chi connectivity index (χ1n) is 5.22. The number of ether oxygens (including phenoxy) is 1. The van der Waals surface area contributed by atoms with Crippen LogP contribution in [-0.4, -0.2) is 6.10 Å². The lowest BCUT2D eigenvalue weighted by molar-refractivity contribution is 0.0685. The maximum absolute atomic E-state index is 8.80. The van der Waals surface area contributed by atoms with Crippen LogP contribution >= 0.6 is 0 Å². The molecule has 15 heavy (non-hydrogen) atoms. The monoisotopic (exact) mass is 201 g/mol. The molecule has 1 aliphatic heterocycles. The number of fused-ring (bicyclic) bond motifs is 1. The van der Waals surface area contributed by atoms with Crippen molar-refractivity contribution < 1.29 is 4.74 Å².